The van der Waals surface area contributed by atoms with Crippen molar-refractivity contribution in [3.8, 4) is 11.1 Å². The lowest BCUT2D eigenvalue weighted by Gasteiger charge is -2.23. The summed E-state index contributed by atoms with van der Waals surface area (Å²) < 4.78 is 12.8. The maximum atomic E-state index is 5.65. The molecule has 3 heterocycles. The Bertz CT molecular complexity index is 799. The number of nitrogens with one attached hydrogen (secondary N) is 1. The Hall–Kier alpha value is -2.35. The van der Waals surface area contributed by atoms with Gasteiger partial charge in [-0.1, -0.05) is 30.3 Å². The summed E-state index contributed by atoms with van der Waals surface area (Å²) in [6, 6.07) is 12.3. The van der Waals surface area contributed by atoms with Gasteiger partial charge in [0.25, 0.3) is 0 Å². The molecule has 0 radical (unpaired) electrons. The fourth-order valence-electron chi connectivity index (χ4n) is 2.85. The third-order valence-electron chi connectivity index (χ3n) is 4.05. The van der Waals surface area contributed by atoms with Gasteiger partial charge in [-0.15, -0.1) is 5.10 Å². The van der Waals surface area contributed by atoms with Gasteiger partial charge in [0.1, 0.15) is 0 Å². The van der Waals surface area contributed by atoms with Crippen molar-refractivity contribution in [2.75, 3.05) is 26.4 Å². The SMILES string of the molecule is c1ccc(-c2cc(CNCC3COCCO3)c3nnnn3c2)cc1. The Kier molecular flexibility index (Phi) is 4.46. The van der Waals surface area contributed by atoms with Gasteiger partial charge in [0.15, 0.2) is 5.65 Å². The van der Waals surface area contributed by atoms with E-state index in [1.54, 1.807) is 4.52 Å². The molecule has 1 fully saturated rings. The Balaban J connectivity index is 1.54. The summed E-state index contributed by atoms with van der Waals surface area (Å²) >= 11 is 0. The summed E-state index contributed by atoms with van der Waals surface area (Å²) in [5, 5.41) is 15.4. The number of fused-ring (bicyclic) bond motifs is 1. The first-order chi connectivity index (χ1) is 11.9. The highest BCUT2D eigenvalue weighted by Gasteiger charge is 2.14. The molecule has 124 valence electrons. The van der Waals surface area contributed by atoms with Crippen molar-refractivity contribution < 1.29 is 9.47 Å². The van der Waals surface area contributed by atoms with Crippen LogP contribution in [0.15, 0.2) is 42.6 Å². The maximum absolute atomic E-state index is 5.65. The van der Waals surface area contributed by atoms with E-state index in [2.05, 4.69) is 39.0 Å². The summed E-state index contributed by atoms with van der Waals surface area (Å²) in [6.45, 7) is 3.39. The number of hydrogen-bond acceptors (Lipinski definition) is 6. The van der Waals surface area contributed by atoms with Crippen LogP contribution in [-0.2, 0) is 16.0 Å². The lowest BCUT2D eigenvalue weighted by molar-refractivity contribution is -0.0864. The normalized spacial score (nSPS) is 18.1. The van der Waals surface area contributed by atoms with E-state index in [1.165, 1.54) is 0 Å². The van der Waals surface area contributed by atoms with E-state index in [0.29, 0.717) is 26.4 Å². The van der Waals surface area contributed by atoms with Crippen LogP contribution < -0.4 is 5.32 Å². The van der Waals surface area contributed by atoms with E-state index in [0.717, 1.165) is 28.9 Å². The molecule has 7 heteroatoms. The van der Waals surface area contributed by atoms with Crippen molar-refractivity contribution in [2.24, 2.45) is 0 Å². The molecule has 0 saturated carbocycles. The first-order valence-corrected chi connectivity index (χ1v) is 8.06. The molecule has 3 aromatic rings. The summed E-state index contributed by atoms with van der Waals surface area (Å²) in [6.07, 6.45) is 2.05. The summed E-state index contributed by atoms with van der Waals surface area (Å²) in [4.78, 5) is 0. The van der Waals surface area contributed by atoms with Crippen molar-refractivity contribution in [1.29, 1.82) is 0 Å². The quantitative estimate of drug-likeness (QED) is 0.762. The van der Waals surface area contributed by atoms with E-state index in [9.17, 15) is 0 Å². The van der Waals surface area contributed by atoms with Gasteiger partial charge in [-0.25, -0.2) is 0 Å². The number of tetrazole rings is 1. The van der Waals surface area contributed by atoms with Gasteiger partial charge in [0.2, 0.25) is 0 Å². The molecule has 2 aromatic heterocycles. The molecular weight excluding hydrogens is 306 g/mol. The smallest absolute Gasteiger partial charge is 0.183 e. The predicted octanol–water partition coefficient (Wildman–Crippen LogP) is 1.30. The number of rotatable bonds is 5. The van der Waals surface area contributed by atoms with Crippen LogP contribution >= 0.6 is 0 Å². The average Bonchev–Trinajstić information content (AvgIpc) is 3.12. The van der Waals surface area contributed by atoms with Crippen LogP contribution in [0.3, 0.4) is 0 Å². The molecule has 24 heavy (non-hydrogen) atoms. The van der Waals surface area contributed by atoms with E-state index >= 15 is 0 Å². The minimum Gasteiger partial charge on any atom is -0.376 e. The Morgan fingerprint density at radius 2 is 2.08 bits per heavy atom. The second-order valence-electron chi connectivity index (χ2n) is 5.77. The molecule has 0 spiro atoms. The van der Waals surface area contributed by atoms with E-state index in [4.69, 9.17) is 9.47 Å². The lowest BCUT2D eigenvalue weighted by Crippen LogP contribution is -2.37. The van der Waals surface area contributed by atoms with Crippen molar-refractivity contribution >= 4 is 5.65 Å². The molecule has 7 nitrogen and oxygen atoms in total. The Labute approximate surface area is 139 Å². The minimum absolute atomic E-state index is 0.100. The maximum Gasteiger partial charge on any atom is 0.183 e. The number of aromatic nitrogens is 4. The molecule has 4 rings (SSSR count). The molecule has 0 amide bonds. The standard InChI is InChI=1S/C17H19N5O2/c1-2-4-13(5-3-1)15-8-14(17-19-20-21-22(17)11-15)9-18-10-16-12-23-6-7-24-16/h1-5,8,11,16,18H,6-7,9-10,12H2. The molecule has 1 saturated heterocycles. The van der Waals surface area contributed by atoms with Crippen LogP contribution in [0, 0.1) is 0 Å². The largest absolute Gasteiger partial charge is 0.376 e. The highest BCUT2D eigenvalue weighted by Crippen LogP contribution is 2.21. The molecular formula is C17H19N5O2. The molecule has 1 unspecified atom stereocenters. The second-order valence-corrected chi connectivity index (χ2v) is 5.77. The molecule has 0 bridgehead atoms. The third kappa shape index (κ3) is 3.28. The second kappa shape index (κ2) is 7.04. The van der Waals surface area contributed by atoms with Crippen molar-refractivity contribution in [2.45, 2.75) is 12.6 Å². The third-order valence-corrected chi connectivity index (χ3v) is 4.05. The van der Waals surface area contributed by atoms with Gasteiger partial charge < -0.3 is 14.8 Å². The molecule has 1 aliphatic rings. The number of nitrogens with zero attached hydrogens (tertiary/aromatic N) is 4. The zero-order valence-corrected chi connectivity index (χ0v) is 13.3. The summed E-state index contributed by atoms with van der Waals surface area (Å²) in [7, 11) is 0. The van der Waals surface area contributed by atoms with Crippen LogP contribution in [-0.4, -0.2) is 52.5 Å². The Morgan fingerprint density at radius 1 is 1.17 bits per heavy atom. The molecule has 0 aliphatic carbocycles. The van der Waals surface area contributed by atoms with Crippen molar-refractivity contribution in [3.05, 3.63) is 48.2 Å². The zero-order valence-electron chi connectivity index (χ0n) is 13.3. The lowest BCUT2D eigenvalue weighted by atomic mass is 10.1. The molecule has 1 aromatic carbocycles. The topological polar surface area (TPSA) is 73.6 Å². The van der Waals surface area contributed by atoms with E-state index in [1.807, 2.05) is 24.4 Å². The first-order valence-electron chi connectivity index (χ1n) is 8.06. The van der Waals surface area contributed by atoms with Gasteiger partial charge in [-0.2, -0.15) is 4.52 Å². The average molecular weight is 325 g/mol. The van der Waals surface area contributed by atoms with Crippen LogP contribution in [0.4, 0.5) is 0 Å². The monoisotopic (exact) mass is 325 g/mol. The molecule has 1 aliphatic heterocycles. The van der Waals surface area contributed by atoms with E-state index in [-0.39, 0.29) is 6.10 Å². The van der Waals surface area contributed by atoms with Crippen LogP contribution in [0.2, 0.25) is 0 Å². The number of benzene rings is 1. The summed E-state index contributed by atoms with van der Waals surface area (Å²) in [5.74, 6) is 0. The fraction of sp³-hybridized carbons (Fsp3) is 0.353. The Morgan fingerprint density at radius 3 is 2.92 bits per heavy atom. The molecule has 1 atom stereocenters. The number of pyridine rings is 1. The van der Waals surface area contributed by atoms with Gasteiger partial charge in [-0.3, -0.25) is 0 Å². The first kappa shape index (κ1) is 15.2. The minimum atomic E-state index is 0.100. The summed E-state index contributed by atoms with van der Waals surface area (Å²) in [5.41, 5.74) is 4.05. The van der Waals surface area contributed by atoms with Crippen LogP contribution in [0.5, 0.6) is 0 Å². The predicted molar refractivity (Wildman–Crippen MR) is 88.5 cm³/mol. The van der Waals surface area contributed by atoms with Gasteiger partial charge in [0, 0.05) is 30.4 Å². The van der Waals surface area contributed by atoms with Crippen LogP contribution in [0.1, 0.15) is 5.56 Å². The number of ether oxygens (including phenoxy) is 2. The fourth-order valence-corrected chi connectivity index (χ4v) is 2.85. The highest BCUT2D eigenvalue weighted by atomic mass is 16.6. The molecule has 1 N–H and O–H groups in total. The highest BCUT2D eigenvalue weighted by molar-refractivity contribution is 5.66. The number of hydrogen-bond donors (Lipinski definition) is 1. The van der Waals surface area contributed by atoms with E-state index < -0.39 is 0 Å². The van der Waals surface area contributed by atoms with Crippen molar-refractivity contribution in [1.82, 2.24) is 25.4 Å². The zero-order chi connectivity index (χ0) is 16.2. The van der Waals surface area contributed by atoms with Gasteiger partial charge >= 0.3 is 0 Å². The van der Waals surface area contributed by atoms with Gasteiger partial charge in [-0.05, 0) is 22.1 Å². The van der Waals surface area contributed by atoms with Crippen molar-refractivity contribution in [3.63, 3.8) is 0 Å². The van der Waals surface area contributed by atoms with Gasteiger partial charge in [0.05, 0.1) is 25.9 Å². The van der Waals surface area contributed by atoms with Crippen LogP contribution in [0.25, 0.3) is 16.8 Å².